The summed E-state index contributed by atoms with van der Waals surface area (Å²) in [6.45, 7) is 1.99. The van der Waals surface area contributed by atoms with Gasteiger partial charge in [-0.3, -0.25) is 9.78 Å². The average Bonchev–Trinajstić information content (AvgIpc) is 2.75. The topological polar surface area (TPSA) is 82.5 Å². The lowest BCUT2D eigenvalue weighted by molar-refractivity contribution is -0.136. The summed E-state index contributed by atoms with van der Waals surface area (Å²) in [6.07, 6.45) is 1.49. The van der Waals surface area contributed by atoms with Crippen LogP contribution in [0.2, 0.25) is 0 Å². The number of esters is 1. The van der Waals surface area contributed by atoms with Crippen molar-refractivity contribution < 1.29 is 19.7 Å². The van der Waals surface area contributed by atoms with Gasteiger partial charge in [0.25, 0.3) is 0 Å². The number of carbonyl (C=O) groups excluding carboxylic acids is 1. The molecule has 0 fully saturated rings. The number of aromatic amines is 1. The maximum absolute atomic E-state index is 12.2. The molecule has 1 atom stereocenters. The Bertz CT molecular complexity index is 577. The number of benzene rings is 1. The minimum Gasteiger partial charge on any atom is -0.494 e. The quantitative estimate of drug-likeness (QED) is 0.733. The van der Waals surface area contributed by atoms with Crippen LogP contribution in [-0.2, 0) is 4.79 Å². The molecule has 0 saturated heterocycles. The van der Waals surface area contributed by atoms with E-state index in [0.717, 1.165) is 12.0 Å². The van der Waals surface area contributed by atoms with Crippen LogP contribution in [0.3, 0.4) is 0 Å². The molecule has 0 bridgehead atoms. The number of H-pyrrole nitrogens is 1. The molecule has 0 amide bonds. The van der Waals surface area contributed by atoms with Gasteiger partial charge in [-0.1, -0.05) is 43.7 Å². The second-order valence-electron chi connectivity index (χ2n) is 4.54. The highest BCUT2D eigenvalue weighted by Crippen LogP contribution is 2.32. The molecule has 0 aliphatic heterocycles. The normalized spacial score (nSPS) is 12.1. The van der Waals surface area contributed by atoms with Gasteiger partial charge in [-0.05, 0) is 12.0 Å². The highest BCUT2D eigenvalue weighted by atomic mass is 16.5. The second-order valence-corrected chi connectivity index (χ2v) is 4.54. The van der Waals surface area contributed by atoms with Crippen molar-refractivity contribution in [2.75, 3.05) is 0 Å². The van der Waals surface area contributed by atoms with E-state index < -0.39 is 11.9 Å². The van der Waals surface area contributed by atoms with E-state index in [1.807, 2.05) is 37.3 Å². The fourth-order valence-electron chi connectivity index (χ4n) is 2.06. The van der Waals surface area contributed by atoms with Crippen molar-refractivity contribution in [3.05, 3.63) is 42.0 Å². The van der Waals surface area contributed by atoms with Crippen molar-refractivity contribution >= 4 is 5.97 Å². The van der Waals surface area contributed by atoms with Gasteiger partial charge in [-0.15, -0.1) is 0 Å². The Kier molecular flexibility index (Phi) is 4.30. The first kappa shape index (κ1) is 14.0. The number of rotatable bonds is 5. The van der Waals surface area contributed by atoms with Gasteiger partial charge in [0.15, 0.2) is 11.6 Å². The van der Waals surface area contributed by atoms with Crippen molar-refractivity contribution in [3.8, 4) is 17.5 Å². The van der Waals surface area contributed by atoms with Crippen molar-refractivity contribution in [2.45, 2.75) is 25.7 Å². The molecule has 0 saturated carbocycles. The summed E-state index contributed by atoms with van der Waals surface area (Å²) in [6, 6.07) is 10.5. The summed E-state index contributed by atoms with van der Waals surface area (Å²) in [5.41, 5.74) is 0.874. The van der Waals surface area contributed by atoms with Crippen LogP contribution < -0.4 is 4.74 Å². The zero-order valence-corrected chi connectivity index (χ0v) is 11.2. The molecule has 5 nitrogen and oxygen atoms in total. The number of carbonyl (C=O) groups is 1. The molecular weight excluding hydrogens is 258 g/mol. The van der Waals surface area contributed by atoms with Gasteiger partial charge in [0.05, 0.1) is 5.92 Å². The molecule has 0 spiro atoms. The van der Waals surface area contributed by atoms with Gasteiger partial charge in [0, 0.05) is 6.07 Å². The zero-order valence-electron chi connectivity index (χ0n) is 11.2. The molecule has 3 N–H and O–H groups in total. The van der Waals surface area contributed by atoms with E-state index in [4.69, 9.17) is 4.74 Å². The molecule has 0 aliphatic rings. The van der Waals surface area contributed by atoms with Crippen LogP contribution >= 0.6 is 0 Å². The molecule has 1 aromatic carbocycles. The molecule has 0 radical (unpaired) electrons. The third-order valence-electron chi connectivity index (χ3n) is 3.02. The summed E-state index contributed by atoms with van der Waals surface area (Å²) >= 11 is 0. The van der Waals surface area contributed by atoms with E-state index in [9.17, 15) is 15.0 Å². The summed E-state index contributed by atoms with van der Waals surface area (Å²) < 4.78 is 5.15. The lowest BCUT2D eigenvalue weighted by Gasteiger charge is -2.14. The number of aromatic hydroxyl groups is 2. The molecule has 20 heavy (non-hydrogen) atoms. The molecule has 1 heterocycles. The summed E-state index contributed by atoms with van der Waals surface area (Å²) in [4.78, 5) is 14.5. The molecular formula is C15H17NO4. The smallest absolute Gasteiger partial charge is 0.318 e. The maximum atomic E-state index is 12.2. The van der Waals surface area contributed by atoms with Gasteiger partial charge in [-0.25, -0.2) is 0 Å². The highest BCUT2D eigenvalue weighted by molar-refractivity contribution is 5.80. The van der Waals surface area contributed by atoms with Crippen LogP contribution in [0.1, 0.15) is 31.2 Å². The van der Waals surface area contributed by atoms with E-state index in [1.54, 1.807) is 0 Å². The number of nitrogens with one attached hydrogen (secondary N) is 1. The zero-order chi connectivity index (χ0) is 14.5. The first-order chi connectivity index (χ1) is 9.61. The minimum absolute atomic E-state index is 0.0652. The molecule has 0 aliphatic carbocycles. The van der Waals surface area contributed by atoms with E-state index in [0.29, 0.717) is 6.42 Å². The third-order valence-corrected chi connectivity index (χ3v) is 3.02. The Morgan fingerprint density at radius 2 is 2.00 bits per heavy atom. The fraction of sp³-hybridized carbons (Fsp3) is 0.267. The minimum atomic E-state index is -0.452. The van der Waals surface area contributed by atoms with Crippen molar-refractivity contribution in [3.63, 3.8) is 0 Å². The molecule has 5 heteroatoms. The van der Waals surface area contributed by atoms with Gasteiger partial charge in [0.1, 0.15) is 0 Å². The van der Waals surface area contributed by atoms with Crippen LogP contribution in [0.25, 0.3) is 0 Å². The SMILES string of the molecule is CCCC(C(=O)Oc1cc(O)[nH]c1O)c1ccccc1. The van der Waals surface area contributed by atoms with Crippen LogP contribution in [0.15, 0.2) is 36.4 Å². The Morgan fingerprint density at radius 1 is 1.30 bits per heavy atom. The van der Waals surface area contributed by atoms with Crippen LogP contribution in [-0.4, -0.2) is 21.2 Å². The number of aromatic nitrogens is 1. The second kappa shape index (κ2) is 6.14. The van der Waals surface area contributed by atoms with E-state index >= 15 is 0 Å². The van der Waals surface area contributed by atoms with Crippen molar-refractivity contribution in [1.82, 2.24) is 4.98 Å². The van der Waals surface area contributed by atoms with Crippen LogP contribution in [0, 0.1) is 0 Å². The standard InChI is InChI=1S/C15H17NO4/c1-2-6-11(10-7-4-3-5-8-10)15(19)20-12-9-13(17)16-14(12)18/h3-5,7-9,11,16-18H,2,6H2,1H3. The molecule has 1 unspecified atom stereocenters. The molecule has 1 aromatic heterocycles. The first-order valence-electron chi connectivity index (χ1n) is 6.49. The summed E-state index contributed by atoms with van der Waals surface area (Å²) in [7, 11) is 0. The largest absolute Gasteiger partial charge is 0.494 e. The average molecular weight is 275 g/mol. The lowest BCUT2D eigenvalue weighted by Crippen LogP contribution is -2.18. The van der Waals surface area contributed by atoms with Gasteiger partial charge in [0.2, 0.25) is 5.88 Å². The van der Waals surface area contributed by atoms with E-state index in [2.05, 4.69) is 4.98 Å². The van der Waals surface area contributed by atoms with Crippen molar-refractivity contribution in [1.29, 1.82) is 0 Å². The van der Waals surface area contributed by atoms with Gasteiger partial charge in [-0.2, -0.15) is 0 Å². The Morgan fingerprint density at radius 3 is 2.55 bits per heavy atom. The number of hydrogen-bond acceptors (Lipinski definition) is 4. The predicted octanol–water partition coefficient (Wildman–Crippen LogP) is 2.92. The fourth-order valence-corrected chi connectivity index (χ4v) is 2.06. The van der Waals surface area contributed by atoms with Crippen LogP contribution in [0.4, 0.5) is 0 Å². The Labute approximate surface area is 116 Å². The summed E-state index contributed by atoms with van der Waals surface area (Å²) in [5.74, 6) is -1.52. The monoisotopic (exact) mass is 275 g/mol. The molecule has 2 rings (SSSR count). The van der Waals surface area contributed by atoms with E-state index in [1.165, 1.54) is 6.07 Å². The Hall–Kier alpha value is -2.43. The Balaban J connectivity index is 2.17. The van der Waals surface area contributed by atoms with Crippen molar-refractivity contribution in [2.24, 2.45) is 0 Å². The van der Waals surface area contributed by atoms with Crippen LogP contribution in [0.5, 0.6) is 17.5 Å². The van der Waals surface area contributed by atoms with Gasteiger partial charge < -0.3 is 14.9 Å². The molecule has 106 valence electrons. The lowest BCUT2D eigenvalue weighted by atomic mass is 9.95. The first-order valence-corrected chi connectivity index (χ1v) is 6.49. The molecule has 2 aromatic rings. The number of hydrogen-bond donors (Lipinski definition) is 3. The number of ether oxygens (including phenoxy) is 1. The summed E-state index contributed by atoms with van der Waals surface area (Å²) in [5, 5.41) is 18.7. The third kappa shape index (κ3) is 3.12. The van der Waals surface area contributed by atoms with E-state index in [-0.39, 0.29) is 17.5 Å². The van der Waals surface area contributed by atoms with Gasteiger partial charge >= 0.3 is 5.97 Å². The maximum Gasteiger partial charge on any atom is 0.318 e. The highest BCUT2D eigenvalue weighted by Gasteiger charge is 2.23. The predicted molar refractivity (Wildman–Crippen MR) is 73.8 cm³/mol.